The monoisotopic (exact) mass is 588 g/mol. The van der Waals surface area contributed by atoms with Crippen molar-refractivity contribution in [2.45, 2.75) is 19.8 Å². The van der Waals surface area contributed by atoms with Crippen molar-refractivity contribution >= 4 is 61.6 Å². The standard InChI is InChI=1S/C25H22Br2N2O5/c1-2-34-24(32)8-3-15-9-20(28-13-16-11-18(26)4-6-22(16)30)25(33)21(10-15)29-14-17-12-19(27)5-7-23(17)31/h4-7,9-14,30-31,33H,2-3,8H2,1H3. The number of hydrogen-bond donors (Lipinski definition) is 3. The number of aliphatic imine (C=N–C) groups is 2. The van der Waals surface area contributed by atoms with Gasteiger partial charge in [0.1, 0.15) is 22.9 Å². The molecule has 9 heteroatoms. The predicted octanol–water partition coefficient (Wildman–Crippen LogP) is 6.33. The maximum absolute atomic E-state index is 11.8. The van der Waals surface area contributed by atoms with Crippen LogP contribution in [0, 0.1) is 0 Å². The first-order valence-corrected chi connectivity index (χ1v) is 11.9. The summed E-state index contributed by atoms with van der Waals surface area (Å²) >= 11 is 6.70. The van der Waals surface area contributed by atoms with Gasteiger partial charge in [-0.2, -0.15) is 0 Å². The molecule has 0 radical (unpaired) electrons. The first-order valence-electron chi connectivity index (χ1n) is 10.3. The summed E-state index contributed by atoms with van der Waals surface area (Å²) in [5.41, 5.74) is 2.05. The molecule has 0 aromatic heterocycles. The average molecular weight is 590 g/mol. The first-order chi connectivity index (χ1) is 16.3. The highest BCUT2D eigenvalue weighted by molar-refractivity contribution is 9.10. The van der Waals surface area contributed by atoms with E-state index in [4.69, 9.17) is 4.74 Å². The molecule has 3 aromatic rings. The Balaban J connectivity index is 1.99. The molecule has 0 aliphatic carbocycles. The van der Waals surface area contributed by atoms with Gasteiger partial charge in [0.15, 0.2) is 5.75 Å². The van der Waals surface area contributed by atoms with E-state index in [0.717, 1.165) is 8.95 Å². The van der Waals surface area contributed by atoms with Gasteiger partial charge in [-0.15, -0.1) is 0 Å². The lowest BCUT2D eigenvalue weighted by Crippen LogP contribution is -2.05. The smallest absolute Gasteiger partial charge is 0.306 e. The Bertz CT molecular complexity index is 1180. The summed E-state index contributed by atoms with van der Waals surface area (Å²) in [4.78, 5) is 20.5. The summed E-state index contributed by atoms with van der Waals surface area (Å²) in [6, 6.07) is 13.1. The van der Waals surface area contributed by atoms with E-state index in [-0.39, 0.29) is 41.0 Å². The number of aromatic hydroxyl groups is 3. The zero-order valence-corrected chi connectivity index (χ0v) is 21.4. The normalized spacial score (nSPS) is 11.4. The van der Waals surface area contributed by atoms with Crippen molar-refractivity contribution < 1.29 is 24.9 Å². The van der Waals surface area contributed by atoms with E-state index in [2.05, 4.69) is 41.8 Å². The van der Waals surface area contributed by atoms with Crippen LogP contribution in [-0.4, -0.2) is 40.3 Å². The SMILES string of the molecule is CCOC(=O)CCc1cc(N=Cc2cc(Br)ccc2O)c(O)c(N=Cc2cc(Br)ccc2O)c1. The van der Waals surface area contributed by atoms with E-state index >= 15 is 0 Å². The molecule has 0 aliphatic rings. The topological polar surface area (TPSA) is 112 Å². The van der Waals surface area contributed by atoms with Crippen LogP contribution in [0.15, 0.2) is 67.5 Å². The summed E-state index contributed by atoms with van der Waals surface area (Å²) in [6.07, 6.45) is 3.37. The van der Waals surface area contributed by atoms with Crippen LogP contribution in [0.4, 0.5) is 11.4 Å². The largest absolute Gasteiger partial charge is 0.507 e. The van der Waals surface area contributed by atoms with Gasteiger partial charge in [0.05, 0.1) is 6.61 Å². The fraction of sp³-hybridized carbons (Fsp3) is 0.160. The van der Waals surface area contributed by atoms with Crippen molar-refractivity contribution in [1.82, 2.24) is 0 Å². The molecular formula is C25H22Br2N2O5. The van der Waals surface area contributed by atoms with E-state index in [9.17, 15) is 20.1 Å². The highest BCUT2D eigenvalue weighted by Gasteiger charge is 2.12. The Kier molecular flexibility index (Phi) is 8.84. The Labute approximate surface area is 213 Å². The Hall–Kier alpha value is -3.17. The molecule has 0 fully saturated rings. The number of carbonyl (C=O) groups is 1. The van der Waals surface area contributed by atoms with Crippen LogP contribution in [0.2, 0.25) is 0 Å². The van der Waals surface area contributed by atoms with E-state index in [1.165, 1.54) is 24.6 Å². The average Bonchev–Trinajstić information content (AvgIpc) is 2.80. The van der Waals surface area contributed by atoms with Gasteiger partial charge in [-0.05, 0) is 67.4 Å². The van der Waals surface area contributed by atoms with E-state index in [1.807, 2.05) is 0 Å². The lowest BCUT2D eigenvalue weighted by Gasteiger charge is -2.09. The van der Waals surface area contributed by atoms with Crippen LogP contribution in [0.5, 0.6) is 17.2 Å². The van der Waals surface area contributed by atoms with Gasteiger partial charge in [0.2, 0.25) is 0 Å². The third-order valence-electron chi connectivity index (χ3n) is 4.72. The third-order valence-corrected chi connectivity index (χ3v) is 5.70. The molecule has 0 aliphatic heterocycles. The Morgan fingerprint density at radius 1 is 0.882 bits per heavy atom. The summed E-state index contributed by atoms with van der Waals surface area (Å²) in [6.45, 7) is 2.04. The molecule has 0 amide bonds. The molecular weight excluding hydrogens is 568 g/mol. The number of nitrogens with zero attached hydrogens (tertiary/aromatic N) is 2. The molecule has 3 aromatic carbocycles. The summed E-state index contributed by atoms with van der Waals surface area (Å²) in [7, 11) is 0. The maximum atomic E-state index is 11.8. The number of aryl methyl sites for hydroxylation is 1. The second-order valence-corrected chi connectivity index (χ2v) is 9.04. The number of rotatable bonds is 8. The molecule has 0 bridgehead atoms. The fourth-order valence-electron chi connectivity index (χ4n) is 3.02. The van der Waals surface area contributed by atoms with Crippen molar-refractivity contribution in [3.05, 3.63) is 74.2 Å². The Morgan fingerprint density at radius 3 is 1.85 bits per heavy atom. The minimum atomic E-state index is -0.330. The molecule has 0 saturated carbocycles. The van der Waals surface area contributed by atoms with Gasteiger partial charge in [0.25, 0.3) is 0 Å². The fourth-order valence-corrected chi connectivity index (χ4v) is 3.77. The number of ether oxygens (including phenoxy) is 1. The molecule has 0 atom stereocenters. The van der Waals surface area contributed by atoms with Crippen LogP contribution in [0.3, 0.4) is 0 Å². The molecule has 0 heterocycles. The second kappa shape index (κ2) is 11.8. The molecule has 0 spiro atoms. The van der Waals surface area contributed by atoms with Crippen molar-refractivity contribution in [2.24, 2.45) is 9.98 Å². The van der Waals surface area contributed by atoms with Crippen LogP contribution in [-0.2, 0) is 16.0 Å². The maximum Gasteiger partial charge on any atom is 0.306 e. The second-order valence-electron chi connectivity index (χ2n) is 7.21. The van der Waals surface area contributed by atoms with Crippen LogP contribution < -0.4 is 0 Å². The number of carbonyl (C=O) groups excluding carboxylic acids is 1. The van der Waals surface area contributed by atoms with Gasteiger partial charge in [0, 0.05) is 38.9 Å². The van der Waals surface area contributed by atoms with Crippen LogP contribution in [0.25, 0.3) is 0 Å². The van der Waals surface area contributed by atoms with Crippen LogP contribution >= 0.6 is 31.9 Å². The first kappa shape index (κ1) is 25.5. The number of halogens is 2. The zero-order valence-electron chi connectivity index (χ0n) is 18.2. The predicted molar refractivity (Wildman–Crippen MR) is 139 cm³/mol. The quantitative estimate of drug-likeness (QED) is 0.210. The Morgan fingerprint density at radius 2 is 1.38 bits per heavy atom. The van der Waals surface area contributed by atoms with Crippen molar-refractivity contribution in [3.8, 4) is 17.2 Å². The zero-order chi connectivity index (χ0) is 24.7. The molecule has 0 saturated heterocycles. The molecule has 7 nitrogen and oxygen atoms in total. The van der Waals surface area contributed by atoms with Gasteiger partial charge in [-0.25, -0.2) is 0 Å². The summed E-state index contributed by atoms with van der Waals surface area (Å²) < 4.78 is 6.52. The molecule has 3 N–H and O–H groups in total. The van der Waals surface area contributed by atoms with Crippen LogP contribution in [0.1, 0.15) is 30.0 Å². The molecule has 176 valence electrons. The highest BCUT2D eigenvalue weighted by atomic mass is 79.9. The van der Waals surface area contributed by atoms with E-state index in [0.29, 0.717) is 29.7 Å². The summed E-state index contributed by atoms with van der Waals surface area (Å²) in [5, 5.41) is 31.0. The van der Waals surface area contributed by atoms with Crippen molar-refractivity contribution in [3.63, 3.8) is 0 Å². The number of phenolic OH excluding ortho intramolecular Hbond substituents is 3. The third kappa shape index (κ3) is 6.91. The highest BCUT2D eigenvalue weighted by Crippen LogP contribution is 2.38. The minimum Gasteiger partial charge on any atom is -0.507 e. The van der Waals surface area contributed by atoms with Gasteiger partial charge >= 0.3 is 5.97 Å². The van der Waals surface area contributed by atoms with Gasteiger partial charge in [-0.3, -0.25) is 14.8 Å². The minimum absolute atomic E-state index is 0.0354. The summed E-state index contributed by atoms with van der Waals surface area (Å²) in [5.74, 6) is -0.443. The van der Waals surface area contributed by atoms with E-state index < -0.39 is 0 Å². The van der Waals surface area contributed by atoms with Crippen molar-refractivity contribution in [1.29, 1.82) is 0 Å². The number of benzene rings is 3. The molecule has 3 rings (SSSR count). The molecule has 34 heavy (non-hydrogen) atoms. The molecule has 0 unspecified atom stereocenters. The van der Waals surface area contributed by atoms with Gasteiger partial charge in [-0.1, -0.05) is 31.9 Å². The van der Waals surface area contributed by atoms with Crippen molar-refractivity contribution in [2.75, 3.05) is 6.61 Å². The number of hydrogen-bond acceptors (Lipinski definition) is 7. The number of esters is 1. The van der Waals surface area contributed by atoms with E-state index in [1.54, 1.807) is 43.3 Å². The van der Waals surface area contributed by atoms with Gasteiger partial charge < -0.3 is 20.1 Å². The number of phenols is 3. The lowest BCUT2D eigenvalue weighted by atomic mass is 10.1. The lowest BCUT2D eigenvalue weighted by molar-refractivity contribution is -0.143.